The lowest BCUT2D eigenvalue weighted by Crippen LogP contribution is -2.34. The zero-order valence-electron chi connectivity index (χ0n) is 15.9. The van der Waals surface area contributed by atoms with E-state index in [0.29, 0.717) is 28.7 Å². The summed E-state index contributed by atoms with van der Waals surface area (Å²) in [5, 5.41) is 14.2. The number of halogens is 3. The fourth-order valence-corrected chi connectivity index (χ4v) is 4.30. The molecule has 0 spiro atoms. The summed E-state index contributed by atoms with van der Waals surface area (Å²) < 4.78 is 26.4. The first-order chi connectivity index (χ1) is 14.9. The summed E-state index contributed by atoms with van der Waals surface area (Å²) in [6.07, 6.45) is 1.45. The molecule has 31 heavy (non-hydrogen) atoms. The molecule has 1 aliphatic rings. The molecule has 2 heterocycles. The molecule has 3 amide bonds. The number of carbonyl (C=O) groups is 2. The lowest BCUT2D eigenvalue weighted by atomic mass is 10.2. The smallest absolute Gasteiger partial charge is 0.320 e. The maximum Gasteiger partial charge on any atom is 0.322 e. The van der Waals surface area contributed by atoms with Crippen molar-refractivity contribution < 1.29 is 18.4 Å². The molecule has 0 aliphatic carbocycles. The zero-order chi connectivity index (χ0) is 22.0. The van der Waals surface area contributed by atoms with Gasteiger partial charge in [-0.3, -0.25) is 4.79 Å². The van der Waals surface area contributed by atoms with Gasteiger partial charge in [-0.05, 0) is 37.1 Å². The molecule has 4 rings (SSSR count). The molecule has 0 saturated carbocycles. The van der Waals surface area contributed by atoms with Gasteiger partial charge in [0.2, 0.25) is 5.01 Å². The Balaban J connectivity index is 1.45. The summed E-state index contributed by atoms with van der Waals surface area (Å²) in [6.45, 7) is 0.525. The lowest BCUT2D eigenvalue weighted by molar-refractivity contribution is 0.102. The van der Waals surface area contributed by atoms with Crippen molar-refractivity contribution in [1.82, 2.24) is 15.1 Å². The van der Waals surface area contributed by atoms with Gasteiger partial charge >= 0.3 is 6.03 Å². The molecule has 2 aromatic carbocycles. The first-order valence-corrected chi connectivity index (χ1v) is 10.5. The molecule has 2 N–H and O–H groups in total. The molecule has 160 valence electrons. The number of para-hydroxylation sites is 1. The monoisotopic (exact) mass is 463 g/mol. The van der Waals surface area contributed by atoms with Crippen LogP contribution >= 0.6 is 22.9 Å². The summed E-state index contributed by atoms with van der Waals surface area (Å²) in [5.41, 5.74) is 0.603. The minimum atomic E-state index is -1.07. The summed E-state index contributed by atoms with van der Waals surface area (Å²) in [7, 11) is 0. The Kier molecular flexibility index (Phi) is 6.10. The fourth-order valence-electron chi connectivity index (χ4n) is 3.24. The van der Waals surface area contributed by atoms with Crippen molar-refractivity contribution >= 4 is 46.3 Å². The third-order valence-electron chi connectivity index (χ3n) is 4.73. The number of anilines is 2. The number of hydrogen-bond acceptors (Lipinski definition) is 5. The van der Waals surface area contributed by atoms with Crippen molar-refractivity contribution in [2.24, 2.45) is 0 Å². The predicted octanol–water partition coefficient (Wildman–Crippen LogP) is 5.09. The Hall–Kier alpha value is -3.11. The molecular formula is C20H16ClF2N5O2S. The van der Waals surface area contributed by atoms with Gasteiger partial charge in [0, 0.05) is 18.3 Å². The first kappa shape index (κ1) is 21.1. The van der Waals surface area contributed by atoms with Crippen LogP contribution in [0.25, 0.3) is 0 Å². The van der Waals surface area contributed by atoms with E-state index in [2.05, 4.69) is 20.8 Å². The topological polar surface area (TPSA) is 87.2 Å². The van der Waals surface area contributed by atoms with Crippen molar-refractivity contribution in [3.05, 3.63) is 69.1 Å². The molecule has 7 nitrogen and oxygen atoms in total. The standard InChI is InChI=1S/C20H16ClF2N5O2S/c21-12-4-1-2-5-15(12)25-20(30)28-9-3-6-16(28)18-26-27-19(31-18)17(29)24-11-7-8-13(22)14(23)10-11/h1-2,4-5,7-8,10,16H,3,6,9H2,(H,24,29)(H,25,30). The molecular weight excluding hydrogens is 448 g/mol. The third kappa shape index (κ3) is 4.64. The van der Waals surface area contributed by atoms with Crippen LogP contribution < -0.4 is 10.6 Å². The predicted molar refractivity (Wildman–Crippen MR) is 113 cm³/mol. The van der Waals surface area contributed by atoms with Gasteiger partial charge in [-0.25, -0.2) is 13.6 Å². The normalized spacial score (nSPS) is 15.7. The Morgan fingerprint density at radius 3 is 2.68 bits per heavy atom. The van der Waals surface area contributed by atoms with Crippen molar-refractivity contribution in [2.75, 3.05) is 17.2 Å². The molecule has 1 fully saturated rings. The lowest BCUT2D eigenvalue weighted by Gasteiger charge is -2.23. The molecule has 0 radical (unpaired) electrons. The molecule has 1 aromatic heterocycles. The summed E-state index contributed by atoms with van der Waals surface area (Å²) in [4.78, 5) is 26.8. The van der Waals surface area contributed by atoms with E-state index in [1.54, 1.807) is 29.2 Å². The van der Waals surface area contributed by atoms with Crippen LogP contribution in [-0.4, -0.2) is 33.6 Å². The minimum absolute atomic E-state index is 0.0538. The van der Waals surface area contributed by atoms with E-state index in [0.717, 1.165) is 29.9 Å². The van der Waals surface area contributed by atoms with Crippen molar-refractivity contribution in [2.45, 2.75) is 18.9 Å². The van der Waals surface area contributed by atoms with Crippen molar-refractivity contribution in [3.63, 3.8) is 0 Å². The molecule has 3 aromatic rings. The largest absolute Gasteiger partial charge is 0.322 e. The number of amides is 3. The summed E-state index contributed by atoms with van der Waals surface area (Å²) in [6, 6.07) is 9.32. The molecule has 0 bridgehead atoms. The number of nitrogens with zero attached hydrogens (tertiary/aromatic N) is 3. The molecule has 1 saturated heterocycles. The van der Waals surface area contributed by atoms with Crippen LogP contribution in [0.15, 0.2) is 42.5 Å². The van der Waals surface area contributed by atoms with Crippen LogP contribution in [0.5, 0.6) is 0 Å². The highest BCUT2D eigenvalue weighted by atomic mass is 35.5. The van der Waals surface area contributed by atoms with Crippen LogP contribution in [-0.2, 0) is 0 Å². The van der Waals surface area contributed by atoms with Crippen LogP contribution in [0, 0.1) is 11.6 Å². The van der Waals surface area contributed by atoms with Crippen LogP contribution in [0.1, 0.15) is 33.7 Å². The number of benzene rings is 2. The number of aromatic nitrogens is 2. The third-order valence-corrected chi connectivity index (χ3v) is 6.08. The van der Waals surface area contributed by atoms with Crippen molar-refractivity contribution in [3.8, 4) is 0 Å². The molecule has 1 unspecified atom stereocenters. The Bertz CT molecular complexity index is 1140. The van der Waals surface area contributed by atoms with E-state index in [1.807, 2.05) is 0 Å². The minimum Gasteiger partial charge on any atom is -0.320 e. The van der Waals surface area contributed by atoms with Crippen molar-refractivity contribution in [1.29, 1.82) is 0 Å². The van der Waals surface area contributed by atoms with E-state index in [1.165, 1.54) is 6.07 Å². The van der Waals surface area contributed by atoms with Gasteiger partial charge in [-0.1, -0.05) is 35.1 Å². The number of nitrogens with one attached hydrogen (secondary N) is 2. The van der Waals surface area contributed by atoms with E-state index in [9.17, 15) is 18.4 Å². The number of rotatable bonds is 4. The van der Waals surface area contributed by atoms with E-state index in [4.69, 9.17) is 11.6 Å². The average molecular weight is 464 g/mol. The van der Waals surface area contributed by atoms with Gasteiger partial charge in [-0.2, -0.15) is 0 Å². The Labute approximate surface area is 185 Å². The van der Waals surface area contributed by atoms with Crippen LogP contribution in [0.4, 0.5) is 25.0 Å². The van der Waals surface area contributed by atoms with E-state index in [-0.39, 0.29) is 22.8 Å². The number of urea groups is 1. The summed E-state index contributed by atoms with van der Waals surface area (Å²) in [5.74, 6) is -2.67. The first-order valence-electron chi connectivity index (χ1n) is 9.34. The molecule has 1 atom stereocenters. The second kappa shape index (κ2) is 8.94. The Morgan fingerprint density at radius 1 is 1.10 bits per heavy atom. The van der Waals surface area contributed by atoms with Gasteiger partial charge in [-0.15, -0.1) is 10.2 Å². The number of carbonyl (C=O) groups excluding carboxylic acids is 2. The fraction of sp³-hybridized carbons (Fsp3) is 0.200. The van der Waals surface area contributed by atoms with Gasteiger partial charge in [0.15, 0.2) is 11.6 Å². The molecule has 11 heteroatoms. The zero-order valence-corrected chi connectivity index (χ0v) is 17.5. The van der Waals surface area contributed by atoms with E-state index >= 15 is 0 Å². The van der Waals surface area contributed by atoms with Gasteiger partial charge in [0.1, 0.15) is 5.01 Å². The van der Waals surface area contributed by atoms with Gasteiger partial charge in [0.25, 0.3) is 5.91 Å². The Morgan fingerprint density at radius 2 is 1.90 bits per heavy atom. The van der Waals surface area contributed by atoms with Gasteiger partial charge < -0.3 is 15.5 Å². The van der Waals surface area contributed by atoms with Gasteiger partial charge in [0.05, 0.1) is 16.8 Å². The highest BCUT2D eigenvalue weighted by molar-refractivity contribution is 7.13. The maximum atomic E-state index is 13.3. The summed E-state index contributed by atoms with van der Waals surface area (Å²) >= 11 is 7.15. The number of likely N-dealkylation sites (tertiary alicyclic amines) is 1. The quantitative estimate of drug-likeness (QED) is 0.564. The second-order valence-electron chi connectivity index (χ2n) is 6.79. The van der Waals surface area contributed by atoms with Crippen LogP contribution in [0.3, 0.4) is 0 Å². The van der Waals surface area contributed by atoms with Crippen LogP contribution in [0.2, 0.25) is 5.02 Å². The molecule has 1 aliphatic heterocycles. The number of hydrogen-bond donors (Lipinski definition) is 2. The highest BCUT2D eigenvalue weighted by Crippen LogP contribution is 2.34. The highest BCUT2D eigenvalue weighted by Gasteiger charge is 2.33. The second-order valence-corrected chi connectivity index (χ2v) is 8.21. The maximum absolute atomic E-state index is 13.3. The average Bonchev–Trinajstić information content (AvgIpc) is 3.42. The SMILES string of the molecule is O=C(Nc1ccc(F)c(F)c1)c1nnc(C2CCCN2C(=O)Nc2ccccc2Cl)s1. The van der Waals surface area contributed by atoms with E-state index < -0.39 is 17.5 Å².